The molecule has 0 aliphatic heterocycles. The number of amides is 1. The summed E-state index contributed by atoms with van der Waals surface area (Å²) in [6.07, 6.45) is 3.44. The first kappa shape index (κ1) is 15.8. The third kappa shape index (κ3) is 5.76. The third-order valence-corrected chi connectivity index (χ3v) is 3.82. The van der Waals surface area contributed by atoms with Crippen molar-refractivity contribution in [3.05, 3.63) is 29.8 Å². The first-order chi connectivity index (χ1) is 10.0. The van der Waals surface area contributed by atoms with Crippen molar-refractivity contribution in [2.24, 2.45) is 5.92 Å². The Labute approximate surface area is 127 Å². The molecule has 0 unspecified atom stereocenters. The SMILES string of the molecule is CC(C)CCNC(=O)CN(Cc1ccc(N)cc1)C1CC1. The van der Waals surface area contributed by atoms with Crippen LogP contribution in [0.5, 0.6) is 0 Å². The Hall–Kier alpha value is -1.55. The van der Waals surface area contributed by atoms with Gasteiger partial charge in [0.2, 0.25) is 5.91 Å². The molecule has 0 atom stereocenters. The first-order valence-corrected chi connectivity index (χ1v) is 7.89. The Bertz CT molecular complexity index is 452. The zero-order chi connectivity index (χ0) is 15.2. The minimum atomic E-state index is 0.137. The van der Waals surface area contributed by atoms with Gasteiger partial charge in [-0.05, 0) is 42.9 Å². The first-order valence-electron chi connectivity index (χ1n) is 7.89. The number of nitrogens with one attached hydrogen (secondary N) is 1. The molecule has 0 saturated heterocycles. The average Bonchev–Trinajstić information content (AvgIpc) is 3.24. The number of nitrogen functional groups attached to an aromatic ring is 1. The van der Waals surface area contributed by atoms with Crippen LogP contribution in [0.2, 0.25) is 0 Å². The fourth-order valence-electron chi connectivity index (χ4n) is 2.35. The van der Waals surface area contributed by atoms with E-state index in [1.165, 1.54) is 18.4 Å². The average molecular weight is 289 g/mol. The third-order valence-electron chi connectivity index (χ3n) is 3.82. The van der Waals surface area contributed by atoms with Crippen molar-refractivity contribution in [2.45, 2.75) is 45.7 Å². The van der Waals surface area contributed by atoms with Crippen molar-refractivity contribution in [1.82, 2.24) is 10.2 Å². The van der Waals surface area contributed by atoms with Crippen LogP contribution in [0.3, 0.4) is 0 Å². The van der Waals surface area contributed by atoms with E-state index >= 15 is 0 Å². The Kier molecular flexibility index (Phi) is 5.62. The number of carbonyl (C=O) groups excluding carboxylic acids is 1. The van der Waals surface area contributed by atoms with E-state index in [-0.39, 0.29) is 5.91 Å². The highest BCUT2D eigenvalue weighted by Gasteiger charge is 2.30. The van der Waals surface area contributed by atoms with E-state index in [9.17, 15) is 4.79 Å². The van der Waals surface area contributed by atoms with Gasteiger partial charge >= 0.3 is 0 Å². The highest BCUT2D eigenvalue weighted by molar-refractivity contribution is 5.78. The topological polar surface area (TPSA) is 58.4 Å². The highest BCUT2D eigenvalue weighted by atomic mass is 16.2. The zero-order valence-corrected chi connectivity index (χ0v) is 13.1. The van der Waals surface area contributed by atoms with E-state index < -0.39 is 0 Å². The molecule has 4 heteroatoms. The fourth-order valence-corrected chi connectivity index (χ4v) is 2.35. The van der Waals surface area contributed by atoms with Gasteiger partial charge in [0, 0.05) is 24.8 Å². The van der Waals surface area contributed by atoms with Crippen molar-refractivity contribution < 1.29 is 4.79 Å². The molecule has 1 aromatic rings. The monoisotopic (exact) mass is 289 g/mol. The number of carbonyl (C=O) groups is 1. The minimum Gasteiger partial charge on any atom is -0.399 e. The molecule has 1 aromatic carbocycles. The molecule has 21 heavy (non-hydrogen) atoms. The number of benzene rings is 1. The second-order valence-corrected chi connectivity index (χ2v) is 6.41. The molecular formula is C17H27N3O. The summed E-state index contributed by atoms with van der Waals surface area (Å²) in [5.74, 6) is 0.762. The molecule has 116 valence electrons. The highest BCUT2D eigenvalue weighted by Crippen LogP contribution is 2.28. The molecule has 0 heterocycles. The van der Waals surface area contributed by atoms with Crippen molar-refractivity contribution in [3.8, 4) is 0 Å². The van der Waals surface area contributed by atoms with Crippen LogP contribution in [-0.2, 0) is 11.3 Å². The summed E-state index contributed by atoms with van der Waals surface area (Å²) in [4.78, 5) is 14.3. The molecule has 0 aromatic heterocycles. The summed E-state index contributed by atoms with van der Waals surface area (Å²) >= 11 is 0. The summed E-state index contributed by atoms with van der Waals surface area (Å²) in [7, 11) is 0. The quantitative estimate of drug-likeness (QED) is 0.723. The van der Waals surface area contributed by atoms with Crippen molar-refractivity contribution >= 4 is 11.6 Å². The lowest BCUT2D eigenvalue weighted by Crippen LogP contribution is -2.38. The molecule has 1 aliphatic carbocycles. The Balaban J connectivity index is 1.82. The molecule has 1 amide bonds. The van der Waals surface area contributed by atoms with Crippen LogP contribution in [0.25, 0.3) is 0 Å². The number of anilines is 1. The summed E-state index contributed by atoms with van der Waals surface area (Å²) in [6, 6.07) is 8.49. The maximum atomic E-state index is 12.0. The van der Waals surface area contributed by atoms with Crippen LogP contribution in [0.4, 0.5) is 5.69 Å². The predicted octanol–water partition coefficient (Wildman–Crippen LogP) is 2.40. The van der Waals surface area contributed by atoms with Gasteiger partial charge in [-0.1, -0.05) is 26.0 Å². The van der Waals surface area contributed by atoms with Gasteiger partial charge in [0.15, 0.2) is 0 Å². The molecule has 4 nitrogen and oxygen atoms in total. The Morgan fingerprint density at radius 1 is 1.33 bits per heavy atom. The Morgan fingerprint density at radius 2 is 2.00 bits per heavy atom. The van der Waals surface area contributed by atoms with Crippen LogP contribution >= 0.6 is 0 Å². The minimum absolute atomic E-state index is 0.137. The molecule has 3 N–H and O–H groups in total. The van der Waals surface area contributed by atoms with Gasteiger partial charge in [0.25, 0.3) is 0 Å². The number of hydrogen-bond donors (Lipinski definition) is 2. The van der Waals surface area contributed by atoms with Gasteiger partial charge in [-0.3, -0.25) is 9.69 Å². The molecule has 1 fully saturated rings. The van der Waals surface area contributed by atoms with Crippen LogP contribution in [0.15, 0.2) is 24.3 Å². The van der Waals surface area contributed by atoms with Crippen molar-refractivity contribution in [3.63, 3.8) is 0 Å². The zero-order valence-electron chi connectivity index (χ0n) is 13.1. The van der Waals surface area contributed by atoms with Crippen molar-refractivity contribution in [2.75, 3.05) is 18.8 Å². The van der Waals surface area contributed by atoms with Crippen LogP contribution in [0, 0.1) is 5.92 Å². The molecular weight excluding hydrogens is 262 g/mol. The summed E-state index contributed by atoms with van der Waals surface area (Å²) in [5.41, 5.74) is 7.71. The number of hydrogen-bond acceptors (Lipinski definition) is 3. The molecule has 1 saturated carbocycles. The molecule has 0 bridgehead atoms. The van der Waals surface area contributed by atoms with Gasteiger partial charge in [0.05, 0.1) is 6.54 Å². The normalized spacial score (nSPS) is 14.7. The van der Waals surface area contributed by atoms with Gasteiger partial charge in [0.1, 0.15) is 0 Å². The van der Waals surface area contributed by atoms with E-state index in [0.717, 1.165) is 25.2 Å². The summed E-state index contributed by atoms with van der Waals surface area (Å²) in [6.45, 7) is 6.43. The lowest BCUT2D eigenvalue weighted by atomic mass is 10.1. The van der Waals surface area contributed by atoms with E-state index in [0.29, 0.717) is 18.5 Å². The summed E-state index contributed by atoms with van der Waals surface area (Å²) in [5, 5.41) is 3.02. The van der Waals surface area contributed by atoms with E-state index in [1.807, 2.05) is 24.3 Å². The standard InChI is InChI=1S/C17H27N3O/c1-13(2)9-10-19-17(21)12-20(16-7-8-16)11-14-3-5-15(18)6-4-14/h3-6,13,16H,7-12,18H2,1-2H3,(H,19,21). The predicted molar refractivity (Wildman–Crippen MR) is 86.8 cm³/mol. The Morgan fingerprint density at radius 3 is 2.57 bits per heavy atom. The second-order valence-electron chi connectivity index (χ2n) is 6.41. The van der Waals surface area contributed by atoms with E-state index in [2.05, 4.69) is 24.1 Å². The second kappa shape index (κ2) is 7.46. The number of nitrogens with two attached hydrogens (primary N) is 1. The molecule has 2 rings (SSSR count). The van der Waals surface area contributed by atoms with Gasteiger partial charge in [-0.25, -0.2) is 0 Å². The number of nitrogens with zero attached hydrogens (tertiary/aromatic N) is 1. The molecule has 0 spiro atoms. The van der Waals surface area contributed by atoms with Crippen LogP contribution in [0.1, 0.15) is 38.7 Å². The largest absolute Gasteiger partial charge is 0.399 e. The van der Waals surface area contributed by atoms with E-state index in [4.69, 9.17) is 5.73 Å². The van der Waals surface area contributed by atoms with E-state index in [1.54, 1.807) is 0 Å². The van der Waals surface area contributed by atoms with Crippen LogP contribution in [-0.4, -0.2) is 29.9 Å². The maximum Gasteiger partial charge on any atom is 0.234 e. The van der Waals surface area contributed by atoms with Gasteiger partial charge in [-0.2, -0.15) is 0 Å². The fraction of sp³-hybridized carbons (Fsp3) is 0.588. The van der Waals surface area contributed by atoms with Gasteiger partial charge < -0.3 is 11.1 Å². The summed E-state index contributed by atoms with van der Waals surface area (Å²) < 4.78 is 0. The lowest BCUT2D eigenvalue weighted by molar-refractivity contribution is -0.122. The number of rotatable bonds is 8. The lowest BCUT2D eigenvalue weighted by Gasteiger charge is -2.21. The molecule has 0 radical (unpaired) electrons. The van der Waals surface area contributed by atoms with Crippen LogP contribution < -0.4 is 11.1 Å². The molecule has 1 aliphatic rings. The van der Waals surface area contributed by atoms with Crippen molar-refractivity contribution in [1.29, 1.82) is 0 Å². The smallest absolute Gasteiger partial charge is 0.234 e. The maximum absolute atomic E-state index is 12.0. The van der Waals surface area contributed by atoms with Gasteiger partial charge in [-0.15, -0.1) is 0 Å².